The first kappa shape index (κ1) is 20.2. The molecule has 0 radical (unpaired) electrons. The number of amides is 1. The first-order valence-electron chi connectivity index (χ1n) is 9.27. The summed E-state index contributed by atoms with van der Waals surface area (Å²) in [6.45, 7) is 2.01. The van der Waals surface area contributed by atoms with Crippen molar-refractivity contribution in [1.29, 1.82) is 0 Å². The number of anilines is 1. The third-order valence-corrected chi connectivity index (χ3v) is 6.16. The maximum Gasteiger partial charge on any atom is 0.234 e. The number of benzene rings is 2. The topological polar surface area (TPSA) is 69.0 Å². The number of aryl methyl sites for hydroxylation is 1. The molecule has 4 aromatic rings. The lowest BCUT2D eigenvalue weighted by Crippen LogP contribution is -2.14. The summed E-state index contributed by atoms with van der Waals surface area (Å²) in [5.74, 6) is 1.54. The number of carbonyl (C=O) groups is 1. The van der Waals surface area contributed by atoms with Crippen LogP contribution in [0.25, 0.3) is 16.4 Å². The highest BCUT2D eigenvalue weighted by atomic mass is 32.2. The molecule has 30 heavy (non-hydrogen) atoms. The highest BCUT2D eigenvalue weighted by Crippen LogP contribution is 2.34. The second kappa shape index (κ2) is 9.15. The number of nitrogens with one attached hydrogen (secondary N) is 1. The zero-order valence-corrected chi connectivity index (χ0v) is 18.2. The van der Waals surface area contributed by atoms with Gasteiger partial charge in [-0.1, -0.05) is 47.7 Å². The van der Waals surface area contributed by atoms with E-state index in [-0.39, 0.29) is 11.7 Å². The standard InChI is InChI=1S/C22H20N4O2S2/c1-15-9-11-16(12-10-15)23-20(27)14-30-22-25-24-21(19-8-5-13-29-19)26(22)17-6-3-4-7-18(17)28-2/h3-13H,14H2,1-2H3,(H,23,27). The molecule has 0 atom stereocenters. The van der Waals surface area contributed by atoms with Gasteiger partial charge in [-0.15, -0.1) is 21.5 Å². The number of methoxy groups -OCH3 is 1. The molecule has 0 aliphatic rings. The predicted octanol–water partition coefficient (Wildman–Crippen LogP) is 5.04. The van der Waals surface area contributed by atoms with E-state index < -0.39 is 0 Å². The fourth-order valence-electron chi connectivity index (χ4n) is 2.92. The number of rotatable bonds is 7. The number of thiophene rings is 1. The van der Waals surface area contributed by atoms with Gasteiger partial charge in [-0.2, -0.15) is 0 Å². The van der Waals surface area contributed by atoms with E-state index in [1.54, 1.807) is 18.4 Å². The number of ether oxygens (including phenoxy) is 1. The second-order valence-corrected chi connectivity index (χ2v) is 8.38. The number of carbonyl (C=O) groups excluding carboxylic acids is 1. The zero-order chi connectivity index (χ0) is 20.9. The van der Waals surface area contributed by atoms with Crippen molar-refractivity contribution in [3.05, 3.63) is 71.6 Å². The Balaban J connectivity index is 1.60. The van der Waals surface area contributed by atoms with Gasteiger partial charge >= 0.3 is 0 Å². The summed E-state index contributed by atoms with van der Waals surface area (Å²) in [5, 5.41) is 14.3. The molecular weight excluding hydrogens is 416 g/mol. The van der Waals surface area contributed by atoms with Crippen molar-refractivity contribution in [2.75, 3.05) is 18.2 Å². The molecule has 0 fully saturated rings. The fraction of sp³-hybridized carbons (Fsp3) is 0.136. The number of hydrogen-bond donors (Lipinski definition) is 1. The Kier molecular flexibility index (Phi) is 6.15. The van der Waals surface area contributed by atoms with Crippen molar-refractivity contribution in [3.8, 4) is 22.1 Å². The van der Waals surface area contributed by atoms with Crippen LogP contribution in [-0.4, -0.2) is 33.5 Å². The first-order chi connectivity index (χ1) is 14.7. The van der Waals surface area contributed by atoms with Gasteiger partial charge in [-0.25, -0.2) is 0 Å². The lowest BCUT2D eigenvalue weighted by molar-refractivity contribution is -0.113. The molecule has 152 valence electrons. The molecule has 6 nitrogen and oxygen atoms in total. The average molecular weight is 437 g/mol. The Morgan fingerprint density at radius 2 is 1.90 bits per heavy atom. The molecule has 2 aromatic heterocycles. The van der Waals surface area contributed by atoms with Gasteiger partial charge in [0.2, 0.25) is 5.91 Å². The summed E-state index contributed by atoms with van der Waals surface area (Å²) in [6, 6.07) is 19.4. The smallest absolute Gasteiger partial charge is 0.234 e. The molecule has 0 unspecified atom stereocenters. The molecule has 2 aromatic carbocycles. The van der Waals surface area contributed by atoms with E-state index >= 15 is 0 Å². The molecule has 0 aliphatic heterocycles. The molecule has 0 aliphatic carbocycles. The lowest BCUT2D eigenvalue weighted by Gasteiger charge is -2.13. The minimum absolute atomic E-state index is 0.101. The summed E-state index contributed by atoms with van der Waals surface area (Å²) in [4.78, 5) is 13.5. The summed E-state index contributed by atoms with van der Waals surface area (Å²) >= 11 is 2.92. The zero-order valence-electron chi connectivity index (χ0n) is 16.5. The van der Waals surface area contributed by atoms with Crippen LogP contribution in [0.2, 0.25) is 0 Å². The van der Waals surface area contributed by atoms with Gasteiger partial charge in [0.1, 0.15) is 5.75 Å². The highest BCUT2D eigenvalue weighted by molar-refractivity contribution is 7.99. The highest BCUT2D eigenvalue weighted by Gasteiger charge is 2.20. The maximum absolute atomic E-state index is 12.5. The van der Waals surface area contributed by atoms with Crippen LogP contribution in [0.1, 0.15) is 5.56 Å². The van der Waals surface area contributed by atoms with Gasteiger partial charge in [0.25, 0.3) is 0 Å². The number of thioether (sulfide) groups is 1. The van der Waals surface area contributed by atoms with E-state index in [1.165, 1.54) is 11.8 Å². The largest absolute Gasteiger partial charge is 0.495 e. The van der Waals surface area contributed by atoms with Crippen LogP contribution < -0.4 is 10.1 Å². The van der Waals surface area contributed by atoms with Crippen LogP contribution in [0.4, 0.5) is 5.69 Å². The number of para-hydroxylation sites is 2. The molecule has 0 bridgehead atoms. The van der Waals surface area contributed by atoms with Gasteiger partial charge in [-0.3, -0.25) is 9.36 Å². The average Bonchev–Trinajstić information content (AvgIpc) is 3.43. The first-order valence-corrected chi connectivity index (χ1v) is 11.1. The van der Waals surface area contributed by atoms with Gasteiger partial charge in [-0.05, 0) is 42.6 Å². The molecule has 2 heterocycles. The van der Waals surface area contributed by atoms with E-state index in [0.717, 1.165) is 27.6 Å². The number of nitrogens with zero attached hydrogens (tertiary/aromatic N) is 3. The van der Waals surface area contributed by atoms with Crippen LogP contribution in [0.3, 0.4) is 0 Å². The van der Waals surface area contributed by atoms with Gasteiger partial charge < -0.3 is 10.1 Å². The van der Waals surface area contributed by atoms with Crippen molar-refractivity contribution < 1.29 is 9.53 Å². The third kappa shape index (κ3) is 4.39. The molecule has 0 saturated heterocycles. The summed E-state index contributed by atoms with van der Waals surface area (Å²) in [7, 11) is 1.63. The molecule has 1 amide bonds. The van der Waals surface area contributed by atoms with Crippen molar-refractivity contribution in [3.63, 3.8) is 0 Å². The van der Waals surface area contributed by atoms with Crippen LogP contribution in [0.15, 0.2) is 71.2 Å². The van der Waals surface area contributed by atoms with Crippen molar-refractivity contribution in [2.45, 2.75) is 12.1 Å². The van der Waals surface area contributed by atoms with Crippen molar-refractivity contribution >= 4 is 34.7 Å². The van der Waals surface area contributed by atoms with E-state index in [0.29, 0.717) is 10.9 Å². The molecule has 0 saturated carbocycles. The van der Waals surface area contributed by atoms with E-state index in [1.807, 2.05) is 77.5 Å². The predicted molar refractivity (Wildman–Crippen MR) is 122 cm³/mol. The molecular formula is C22H20N4O2S2. The monoisotopic (exact) mass is 436 g/mol. The minimum atomic E-state index is -0.101. The van der Waals surface area contributed by atoms with Crippen LogP contribution in [-0.2, 0) is 4.79 Å². The summed E-state index contributed by atoms with van der Waals surface area (Å²) in [5.41, 5.74) is 2.75. The summed E-state index contributed by atoms with van der Waals surface area (Å²) in [6.07, 6.45) is 0. The van der Waals surface area contributed by atoms with Crippen LogP contribution >= 0.6 is 23.1 Å². The number of hydrogen-bond acceptors (Lipinski definition) is 6. The Bertz CT molecular complexity index is 1140. The Labute approximate surface area is 182 Å². The molecule has 4 rings (SSSR count). The van der Waals surface area contributed by atoms with Gasteiger partial charge in [0.05, 0.1) is 23.4 Å². The molecule has 8 heteroatoms. The SMILES string of the molecule is COc1ccccc1-n1c(SCC(=O)Nc2ccc(C)cc2)nnc1-c1cccs1. The van der Waals surface area contributed by atoms with Gasteiger partial charge in [0, 0.05) is 5.69 Å². The quantitative estimate of drug-likeness (QED) is 0.411. The molecule has 0 spiro atoms. The second-order valence-electron chi connectivity index (χ2n) is 6.49. The van der Waals surface area contributed by atoms with Crippen LogP contribution in [0.5, 0.6) is 5.75 Å². The normalized spacial score (nSPS) is 10.7. The fourth-order valence-corrected chi connectivity index (χ4v) is 4.37. The molecule has 1 N–H and O–H groups in total. The van der Waals surface area contributed by atoms with Crippen molar-refractivity contribution in [2.24, 2.45) is 0 Å². The van der Waals surface area contributed by atoms with Crippen LogP contribution in [0, 0.1) is 6.92 Å². The summed E-state index contributed by atoms with van der Waals surface area (Å²) < 4.78 is 7.49. The Hall–Kier alpha value is -3.10. The van der Waals surface area contributed by atoms with E-state index in [2.05, 4.69) is 15.5 Å². The lowest BCUT2D eigenvalue weighted by atomic mass is 10.2. The maximum atomic E-state index is 12.5. The Morgan fingerprint density at radius 1 is 1.10 bits per heavy atom. The van der Waals surface area contributed by atoms with Crippen molar-refractivity contribution in [1.82, 2.24) is 14.8 Å². The van der Waals surface area contributed by atoms with E-state index in [4.69, 9.17) is 4.74 Å². The third-order valence-electron chi connectivity index (χ3n) is 4.37. The Morgan fingerprint density at radius 3 is 2.63 bits per heavy atom. The minimum Gasteiger partial charge on any atom is -0.495 e. The van der Waals surface area contributed by atoms with E-state index in [9.17, 15) is 4.79 Å². The number of aromatic nitrogens is 3. The van der Waals surface area contributed by atoms with Gasteiger partial charge in [0.15, 0.2) is 11.0 Å².